The summed E-state index contributed by atoms with van der Waals surface area (Å²) in [5, 5.41) is 3.83. The zero-order valence-electron chi connectivity index (χ0n) is 13.9. The first-order chi connectivity index (χ1) is 10.8. The van der Waals surface area contributed by atoms with Crippen LogP contribution in [0.25, 0.3) is 0 Å². The molecular formula is C19H30N2O. The van der Waals surface area contributed by atoms with Gasteiger partial charge in [0, 0.05) is 24.8 Å². The Hall–Kier alpha value is -1.22. The molecule has 2 fully saturated rings. The van der Waals surface area contributed by atoms with Gasteiger partial charge in [-0.1, -0.05) is 19.3 Å². The minimum absolute atomic E-state index is 0.719. The standard InChI is InChI=1S/C19H30N2O/c1-22-19-9-7-18(8-10-19)21-13-11-17(12-14-21)20-15-16-5-3-2-4-6-16/h7-10,16-17,20H,2-6,11-15H2,1H3. The number of anilines is 1. The number of methoxy groups -OCH3 is 1. The molecule has 22 heavy (non-hydrogen) atoms. The highest BCUT2D eigenvalue weighted by Crippen LogP contribution is 2.25. The quantitative estimate of drug-likeness (QED) is 0.894. The third-order valence-electron chi connectivity index (χ3n) is 5.35. The molecule has 3 rings (SSSR count). The van der Waals surface area contributed by atoms with Crippen molar-refractivity contribution in [3.63, 3.8) is 0 Å². The Morgan fingerprint density at radius 2 is 1.68 bits per heavy atom. The molecule has 1 heterocycles. The Bertz CT molecular complexity index is 431. The van der Waals surface area contributed by atoms with Gasteiger partial charge in [0.15, 0.2) is 0 Å². The molecule has 0 aromatic heterocycles. The van der Waals surface area contributed by atoms with Crippen molar-refractivity contribution in [3.8, 4) is 5.75 Å². The summed E-state index contributed by atoms with van der Waals surface area (Å²) in [6.45, 7) is 3.57. The van der Waals surface area contributed by atoms with E-state index in [2.05, 4.69) is 34.5 Å². The molecule has 2 aliphatic rings. The maximum Gasteiger partial charge on any atom is 0.119 e. The summed E-state index contributed by atoms with van der Waals surface area (Å²) >= 11 is 0. The lowest BCUT2D eigenvalue weighted by atomic mass is 9.89. The van der Waals surface area contributed by atoms with Crippen molar-refractivity contribution < 1.29 is 4.74 Å². The summed E-state index contributed by atoms with van der Waals surface area (Å²) in [6.07, 6.45) is 9.76. The van der Waals surface area contributed by atoms with E-state index >= 15 is 0 Å². The minimum atomic E-state index is 0.719. The summed E-state index contributed by atoms with van der Waals surface area (Å²) in [5.41, 5.74) is 1.33. The Morgan fingerprint density at radius 1 is 1.00 bits per heavy atom. The van der Waals surface area contributed by atoms with Gasteiger partial charge < -0.3 is 15.0 Å². The van der Waals surface area contributed by atoms with Crippen LogP contribution in [-0.4, -0.2) is 32.8 Å². The summed E-state index contributed by atoms with van der Waals surface area (Å²) in [5.74, 6) is 1.88. The van der Waals surface area contributed by atoms with Crippen LogP contribution >= 0.6 is 0 Å². The number of rotatable bonds is 5. The zero-order valence-corrected chi connectivity index (χ0v) is 13.9. The number of nitrogens with zero attached hydrogens (tertiary/aromatic N) is 1. The average molecular weight is 302 g/mol. The molecule has 0 bridgehead atoms. The van der Waals surface area contributed by atoms with Crippen molar-refractivity contribution in [2.45, 2.75) is 51.0 Å². The van der Waals surface area contributed by atoms with E-state index in [1.54, 1.807) is 7.11 Å². The summed E-state index contributed by atoms with van der Waals surface area (Å²) in [4.78, 5) is 2.50. The maximum atomic E-state index is 5.23. The van der Waals surface area contributed by atoms with E-state index in [1.165, 1.54) is 57.2 Å². The van der Waals surface area contributed by atoms with Gasteiger partial charge in [-0.25, -0.2) is 0 Å². The summed E-state index contributed by atoms with van der Waals surface area (Å²) < 4.78 is 5.23. The van der Waals surface area contributed by atoms with Crippen LogP contribution < -0.4 is 15.0 Å². The van der Waals surface area contributed by atoms with Gasteiger partial charge in [-0.15, -0.1) is 0 Å². The van der Waals surface area contributed by atoms with E-state index < -0.39 is 0 Å². The number of benzene rings is 1. The van der Waals surface area contributed by atoms with Crippen LogP contribution in [0.5, 0.6) is 5.75 Å². The Labute approximate surface area is 135 Å². The molecule has 0 radical (unpaired) electrons. The van der Waals surface area contributed by atoms with Crippen LogP contribution in [0, 0.1) is 5.92 Å². The van der Waals surface area contributed by atoms with E-state index in [0.29, 0.717) is 0 Å². The predicted molar refractivity (Wildman–Crippen MR) is 92.8 cm³/mol. The lowest BCUT2D eigenvalue weighted by Crippen LogP contribution is -2.44. The molecule has 1 aliphatic heterocycles. The molecule has 1 saturated heterocycles. The van der Waals surface area contributed by atoms with Crippen molar-refractivity contribution in [3.05, 3.63) is 24.3 Å². The predicted octanol–water partition coefficient (Wildman–Crippen LogP) is 3.83. The topological polar surface area (TPSA) is 24.5 Å². The largest absolute Gasteiger partial charge is 0.497 e. The van der Waals surface area contributed by atoms with Gasteiger partial charge in [0.25, 0.3) is 0 Å². The van der Waals surface area contributed by atoms with Crippen molar-refractivity contribution >= 4 is 5.69 Å². The third-order valence-corrected chi connectivity index (χ3v) is 5.35. The fraction of sp³-hybridized carbons (Fsp3) is 0.684. The van der Waals surface area contributed by atoms with Gasteiger partial charge in [0.05, 0.1) is 7.11 Å². The smallest absolute Gasteiger partial charge is 0.119 e. The van der Waals surface area contributed by atoms with Crippen molar-refractivity contribution in [2.75, 3.05) is 31.6 Å². The zero-order chi connectivity index (χ0) is 15.2. The molecule has 3 nitrogen and oxygen atoms in total. The number of hydrogen-bond donors (Lipinski definition) is 1. The normalized spacial score (nSPS) is 21.0. The number of hydrogen-bond acceptors (Lipinski definition) is 3. The highest BCUT2D eigenvalue weighted by Gasteiger charge is 2.21. The molecule has 122 valence electrons. The Morgan fingerprint density at radius 3 is 2.32 bits per heavy atom. The first-order valence-electron chi connectivity index (χ1n) is 8.97. The molecule has 1 aromatic carbocycles. The van der Waals surface area contributed by atoms with Gasteiger partial charge in [-0.2, -0.15) is 0 Å². The molecule has 1 N–H and O–H groups in total. The fourth-order valence-corrected chi connectivity index (χ4v) is 3.86. The molecule has 1 aliphatic carbocycles. The number of piperidine rings is 1. The van der Waals surface area contributed by atoms with Crippen LogP contribution in [0.2, 0.25) is 0 Å². The lowest BCUT2D eigenvalue weighted by Gasteiger charge is -2.35. The Balaban J connectivity index is 1.41. The van der Waals surface area contributed by atoms with Crippen molar-refractivity contribution in [2.24, 2.45) is 5.92 Å². The lowest BCUT2D eigenvalue weighted by molar-refractivity contribution is 0.311. The highest BCUT2D eigenvalue weighted by atomic mass is 16.5. The van der Waals surface area contributed by atoms with E-state index in [-0.39, 0.29) is 0 Å². The van der Waals surface area contributed by atoms with Crippen LogP contribution in [0.15, 0.2) is 24.3 Å². The second-order valence-corrected chi connectivity index (χ2v) is 6.87. The SMILES string of the molecule is COc1ccc(N2CCC(NCC3CCCCC3)CC2)cc1. The first kappa shape index (κ1) is 15.7. The second kappa shape index (κ2) is 7.87. The second-order valence-electron chi connectivity index (χ2n) is 6.87. The Kier molecular flexibility index (Phi) is 5.60. The summed E-state index contributed by atoms with van der Waals surface area (Å²) in [6, 6.07) is 9.19. The van der Waals surface area contributed by atoms with Crippen LogP contribution in [-0.2, 0) is 0 Å². The number of ether oxygens (including phenoxy) is 1. The molecular weight excluding hydrogens is 272 g/mol. The van der Waals surface area contributed by atoms with E-state index in [1.807, 2.05) is 0 Å². The molecule has 1 aromatic rings. The average Bonchev–Trinajstić information content (AvgIpc) is 2.61. The van der Waals surface area contributed by atoms with Crippen LogP contribution in [0.3, 0.4) is 0 Å². The van der Waals surface area contributed by atoms with Gasteiger partial charge in [0.1, 0.15) is 5.75 Å². The first-order valence-corrected chi connectivity index (χ1v) is 8.97. The molecule has 3 heteroatoms. The highest BCUT2D eigenvalue weighted by molar-refractivity contribution is 5.49. The fourth-order valence-electron chi connectivity index (χ4n) is 3.86. The van der Waals surface area contributed by atoms with Gasteiger partial charge in [-0.3, -0.25) is 0 Å². The van der Waals surface area contributed by atoms with Crippen molar-refractivity contribution in [1.82, 2.24) is 5.32 Å². The van der Waals surface area contributed by atoms with E-state index in [4.69, 9.17) is 4.74 Å². The molecule has 0 spiro atoms. The van der Waals surface area contributed by atoms with E-state index in [9.17, 15) is 0 Å². The molecule has 1 saturated carbocycles. The third kappa shape index (κ3) is 4.16. The van der Waals surface area contributed by atoms with Crippen LogP contribution in [0.1, 0.15) is 44.9 Å². The van der Waals surface area contributed by atoms with E-state index in [0.717, 1.165) is 30.8 Å². The minimum Gasteiger partial charge on any atom is -0.497 e. The maximum absolute atomic E-state index is 5.23. The van der Waals surface area contributed by atoms with Gasteiger partial charge in [-0.05, 0) is 62.4 Å². The van der Waals surface area contributed by atoms with Crippen LogP contribution in [0.4, 0.5) is 5.69 Å². The van der Waals surface area contributed by atoms with Crippen molar-refractivity contribution in [1.29, 1.82) is 0 Å². The summed E-state index contributed by atoms with van der Waals surface area (Å²) in [7, 11) is 1.72. The molecule has 0 amide bonds. The molecule has 0 atom stereocenters. The number of nitrogens with one attached hydrogen (secondary N) is 1. The molecule has 0 unspecified atom stereocenters. The van der Waals surface area contributed by atoms with Gasteiger partial charge in [0.2, 0.25) is 0 Å². The monoisotopic (exact) mass is 302 g/mol. The van der Waals surface area contributed by atoms with Gasteiger partial charge >= 0.3 is 0 Å².